The van der Waals surface area contributed by atoms with Gasteiger partial charge in [0.15, 0.2) is 6.61 Å². The average molecular weight is 419 g/mol. The molecule has 0 unspecified atom stereocenters. The van der Waals surface area contributed by atoms with E-state index in [0.29, 0.717) is 6.42 Å². The van der Waals surface area contributed by atoms with Crippen LogP contribution >= 0.6 is 0 Å². The summed E-state index contributed by atoms with van der Waals surface area (Å²) in [6.07, 6.45) is 0.558. The highest BCUT2D eigenvalue weighted by molar-refractivity contribution is 5.97. The molecule has 0 saturated carbocycles. The van der Waals surface area contributed by atoms with E-state index in [1.807, 2.05) is 60.7 Å². The van der Waals surface area contributed by atoms with E-state index in [2.05, 4.69) is 5.32 Å². The molecule has 8 heteroatoms. The molecule has 3 rings (SSSR count). The molecule has 0 heterocycles. The summed E-state index contributed by atoms with van der Waals surface area (Å²) in [4.78, 5) is 35.0. The van der Waals surface area contributed by atoms with E-state index in [1.54, 1.807) is 0 Å². The van der Waals surface area contributed by atoms with Crippen molar-refractivity contribution in [3.63, 3.8) is 0 Å². The highest BCUT2D eigenvalue weighted by Gasteiger charge is 2.20. The zero-order chi connectivity index (χ0) is 22.2. The van der Waals surface area contributed by atoms with Crippen molar-refractivity contribution in [1.29, 1.82) is 0 Å². The number of benzene rings is 3. The number of carbonyl (C=O) groups excluding carboxylic acids is 2. The first-order chi connectivity index (χ1) is 14.9. The second-order valence-corrected chi connectivity index (χ2v) is 6.83. The lowest BCUT2D eigenvalue weighted by Crippen LogP contribution is -2.33. The number of hydrogen-bond acceptors (Lipinski definition) is 6. The van der Waals surface area contributed by atoms with Crippen LogP contribution in [-0.4, -0.2) is 23.4 Å². The van der Waals surface area contributed by atoms with Crippen LogP contribution in [0.25, 0.3) is 0 Å². The Morgan fingerprint density at radius 3 is 2.29 bits per heavy atom. The molecule has 158 valence electrons. The summed E-state index contributed by atoms with van der Waals surface area (Å²) in [5.41, 5.74) is 7.24. The van der Waals surface area contributed by atoms with Gasteiger partial charge < -0.3 is 15.8 Å². The van der Waals surface area contributed by atoms with E-state index in [-0.39, 0.29) is 23.0 Å². The van der Waals surface area contributed by atoms with Gasteiger partial charge in [-0.1, -0.05) is 60.7 Å². The van der Waals surface area contributed by atoms with Crippen LogP contribution in [0.15, 0.2) is 78.9 Å². The largest absolute Gasteiger partial charge is 0.452 e. The molecule has 3 aromatic rings. The predicted octanol–water partition coefficient (Wildman–Crippen LogP) is 3.43. The number of rotatable bonds is 8. The summed E-state index contributed by atoms with van der Waals surface area (Å²) >= 11 is 0. The maximum absolute atomic E-state index is 12.5. The fourth-order valence-electron chi connectivity index (χ4n) is 3.07. The number of amides is 1. The number of esters is 1. The normalized spacial score (nSPS) is 11.4. The van der Waals surface area contributed by atoms with E-state index in [0.717, 1.165) is 17.2 Å². The van der Waals surface area contributed by atoms with Crippen molar-refractivity contribution in [3.05, 3.63) is 106 Å². The van der Waals surface area contributed by atoms with Crippen LogP contribution in [0.1, 0.15) is 27.5 Å². The first kappa shape index (κ1) is 21.5. The fourth-order valence-corrected chi connectivity index (χ4v) is 3.07. The number of nitrogens with zero attached hydrogens (tertiary/aromatic N) is 1. The molecular formula is C23H21N3O5. The molecule has 8 nitrogen and oxygen atoms in total. The molecule has 0 radical (unpaired) electrons. The van der Waals surface area contributed by atoms with Gasteiger partial charge in [-0.2, -0.15) is 0 Å². The van der Waals surface area contributed by atoms with Gasteiger partial charge in [-0.25, -0.2) is 4.79 Å². The molecule has 0 saturated heterocycles. The highest BCUT2D eigenvalue weighted by atomic mass is 16.6. The monoisotopic (exact) mass is 419 g/mol. The number of anilines is 1. The molecule has 0 spiro atoms. The molecular weight excluding hydrogens is 398 g/mol. The van der Waals surface area contributed by atoms with Crippen molar-refractivity contribution >= 4 is 23.3 Å². The molecule has 3 N–H and O–H groups in total. The molecule has 0 aromatic heterocycles. The number of non-ortho nitro benzene ring substituents is 1. The fraction of sp³-hybridized carbons (Fsp3) is 0.130. The maximum Gasteiger partial charge on any atom is 0.341 e. The molecule has 1 amide bonds. The third-order valence-electron chi connectivity index (χ3n) is 4.62. The first-order valence-electron chi connectivity index (χ1n) is 9.53. The summed E-state index contributed by atoms with van der Waals surface area (Å²) in [6.45, 7) is -0.543. The van der Waals surface area contributed by atoms with Gasteiger partial charge in [0.2, 0.25) is 0 Å². The lowest BCUT2D eigenvalue weighted by molar-refractivity contribution is -0.384. The molecule has 1 atom stereocenters. The summed E-state index contributed by atoms with van der Waals surface area (Å²) in [6, 6.07) is 22.3. The molecule has 31 heavy (non-hydrogen) atoms. The standard InChI is InChI=1S/C23H21N3O5/c24-20-12-11-18(26(29)30)14-19(20)23(28)31-15-22(27)25-21(17-9-5-2-6-10-17)13-16-7-3-1-4-8-16/h1-12,14,21H,13,15,24H2,(H,25,27)/t21-/m1/s1. The lowest BCUT2D eigenvalue weighted by Gasteiger charge is -2.19. The van der Waals surface area contributed by atoms with Gasteiger partial charge in [0.05, 0.1) is 16.5 Å². The van der Waals surface area contributed by atoms with E-state index in [1.165, 1.54) is 12.1 Å². The molecule has 3 aromatic carbocycles. The molecule has 0 bridgehead atoms. The van der Waals surface area contributed by atoms with Crippen molar-refractivity contribution < 1.29 is 19.2 Å². The second-order valence-electron chi connectivity index (χ2n) is 6.83. The number of ether oxygens (including phenoxy) is 1. The summed E-state index contributed by atoms with van der Waals surface area (Å²) in [7, 11) is 0. The van der Waals surface area contributed by atoms with Crippen LogP contribution in [0.2, 0.25) is 0 Å². The van der Waals surface area contributed by atoms with Crippen LogP contribution < -0.4 is 11.1 Å². The first-order valence-corrected chi connectivity index (χ1v) is 9.53. The molecule has 0 aliphatic heterocycles. The minimum atomic E-state index is -0.907. The number of nitrogens with one attached hydrogen (secondary N) is 1. The average Bonchev–Trinajstić information content (AvgIpc) is 2.78. The van der Waals surface area contributed by atoms with Crippen LogP contribution in [0, 0.1) is 10.1 Å². The van der Waals surface area contributed by atoms with Gasteiger partial charge in [-0.15, -0.1) is 0 Å². The SMILES string of the molecule is Nc1ccc([N+](=O)[O-])cc1C(=O)OCC(=O)N[C@H](Cc1ccccc1)c1ccccc1. The Balaban J connectivity index is 1.66. The van der Waals surface area contributed by atoms with Gasteiger partial charge in [0.25, 0.3) is 11.6 Å². The number of nitrogens with two attached hydrogens (primary N) is 1. The summed E-state index contributed by atoms with van der Waals surface area (Å²) in [5.74, 6) is -1.40. The number of nitro groups is 1. The van der Waals surface area contributed by atoms with E-state index in [4.69, 9.17) is 10.5 Å². The third-order valence-corrected chi connectivity index (χ3v) is 4.62. The van der Waals surface area contributed by atoms with E-state index >= 15 is 0 Å². The van der Waals surface area contributed by atoms with Gasteiger partial charge in [0.1, 0.15) is 0 Å². The number of hydrogen-bond donors (Lipinski definition) is 2. The third kappa shape index (κ3) is 5.89. The molecule has 0 fully saturated rings. The summed E-state index contributed by atoms with van der Waals surface area (Å²) in [5, 5.41) is 13.8. The predicted molar refractivity (Wildman–Crippen MR) is 115 cm³/mol. The zero-order valence-electron chi connectivity index (χ0n) is 16.6. The van der Waals surface area contributed by atoms with Gasteiger partial charge in [-0.3, -0.25) is 14.9 Å². The van der Waals surface area contributed by atoms with E-state index in [9.17, 15) is 19.7 Å². The number of nitro benzene ring substituents is 1. The minimum Gasteiger partial charge on any atom is -0.452 e. The Bertz CT molecular complexity index is 1070. The zero-order valence-corrected chi connectivity index (χ0v) is 16.6. The highest BCUT2D eigenvalue weighted by Crippen LogP contribution is 2.21. The maximum atomic E-state index is 12.5. The van der Waals surface area contributed by atoms with Crippen molar-refractivity contribution in [2.75, 3.05) is 12.3 Å². The Morgan fingerprint density at radius 1 is 1.00 bits per heavy atom. The minimum absolute atomic E-state index is 0.0299. The quantitative estimate of drug-likeness (QED) is 0.249. The number of nitrogen functional groups attached to an aromatic ring is 1. The Kier molecular flexibility index (Phi) is 6.95. The second kappa shape index (κ2) is 10.0. The van der Waals surface area contributed by atoms with Crippen LogP contribution in [-0.2, 0) is 16.0 Å². The van der Waals surface area contributed by atoms with Crippen molar-refractivity contribution in [1.82, 2.24) is 5.32 Å². The molecule has 0 aliphatic rings. The van der Waals surface area contributed by atoms with Crippen molar-refractivity contribution in [2.24, 2.45) is 0 Å². The van der Waals surface area contributed by atoms with Crippen molar-refractivity contribution in [3.8, 4) is 0 Å². The van der Waals surface area contributed by atoms with Gasteiger partial charge in [-0.05, 0) is 23.6 Å². The van der Waals surface area contributed by atoms with Gasteiger partial charge in [0, 0.05) is 17.8 Å². The topological polar surface area (TPSA) is 125 Å². The van der Waals surface area contributed by atoms with Crippen LogP contribution in [0.5, 0.6) is 0 Å². The Hall–Kier alpha value is -4.20. The molecule has 0 aliphatic carbocycles. The van der Waals surface area contributed by atoms with Crippen LogP contribution in [0.4, 0.5) is 11.4 Å². The van der Waals surface area contributed by atoms with Gasteiger partial charge >= 0.3 is 5.97 Å². The Morgan fingerprint density at radius 2 is 1.65 bits per heavy atom. The van der Waals surface area contributed by atoms with Crippen molar-refractivity contribution in [2.45, 2.75) is 12.5 Å². The Labute approximate surface area is 178 Å². The number of carbonyl (C=O) groups is 2. The lowest BCUT2D eigenvalue weighted by atomic mass is 9.99. The summed E-state index contributed by atoms with van der Waals surface area (Å²) < 4.78 is 5.04. The van der Waals surface area contributed by atoms with E-state index < -0.39 is 23.4 Å². The smallest absolute Gasteiger partial charge is 0.341 e. The van der Waals surface area contributed by atoms with Crippen LogP contribution in [0.3, 0.4) is 0 Å².